The lowest BCUT2D eigenvalue weighted by Crippen LogP contribution is -2.55. The maximum Gasteiger partial charge on any atom is 0.486 e. The van der Waals surface area contributed by atoms with Crippen LogP contribution in [0.15, 0.2) is 41.3 Å². The van der Waals surface area contributed by atoms with Crippen molar-refractivity contribution in [3.05, 3.63) is 62.1 Å². The summed E-state index contributed by atoms with van der Waals surface area (Å²) < 4.78 is 102. The molecule has 2 rings (SSSR count). The first-order valence-corrected chi connectivity index (χ1v) is 9.70. The van der Waals surface area contributed by atoms with Gasteiger partial charge < -0.3 is 9.87 Å². The maximum atomic E-state index is 13.7. The number of non-ortho nitro benzene ring substituents is 1. The summed E-state index contributed by atoms with van der Waals surface area (Å²) in [6.07, 6.45) is -6.70. The van der Waals surface area contributed by atoms with Gasteiger partial charge in [0.05, 0.1) is 31.8 Å². The van der Waals surface area contributed by atoms with Gasteiger partial charge >= 0.3 is 17.4 Å². The van der Waals surface area contributed by atoms with Gasteiger partial charge in [-0.05, 0) is 6.07 Å². The van der Waals surface area contributed by atoms with Crippen LogP contribution in [0.1, 0.15) is 10.4 Å². The third kappa shape index (κ3) is 4.87. The highest BCUT2D eigenvalue weighted by Crippen LogP contribution is 2.51. The van der Waals surface area contributed by atoms with E-state index in [1.807, 2.05) is 0 Å². The number of nitrogens with one attached hydrogen (secondary N) is 1. The molecule has 0 fully saturated rings. The summed E-state index contributed by atoms with van der Waals surface area (Å²) in [6, 6.07) is 5.00. The molecule has 0 aromatic heterocycles. The molecule has 1 unspecified atom stereocenters. The Morgan fingerprint density at radius 1 is 1.00 bits per heavy atom. The molecule has 1 N–H and O–H groups in total. The van der Waals surface area contributed by atoms with Crippen molar-refractivity contribution < 1.29 is 45.0 Å². The number of amides is 1. The second-order valence-electron chi connectivity index (χ2n) is 5.88. The Hall–Kier alpha value is -2.29. The van der Waals surface area contributed by atoms with Crippen molar-refractivity contribution in [3.63, 3.8) is 0 Å². The van der Waals surface area contributed by atoms with Gasteiger partial charge in [0.1, 0.15) is 0 Å². The summed E-state index contributed by atoms with van der Waals surface area (Å²) in [7, 11) is 0. The summed E-state index contributed by atoms with van der Waals surface area (Å²) in [5.74, 6) is -7.65. The van der Waals surface area contributed by atoms with Crippen molar-refractivity contribution in [2.45, 2.75) is 22.2 Å². The van der Waals surface area contributed by atoms with Crippen LogP contribution in [0.25, 0.3) is 0 Å². The monoisotopic (exact) mass is 526 g/mol. The molecule has 6 nitrogen and oxygen atoms in total. The standard InChI is InChI=1S/C16H7Cl2F7N2O4S/c17-10-5-9(32(31)16(24,25)14(19,20)15(21,22)23)6-11(18)12(10)26-13(28)7-2-1-3-8(4-7)27(29)30/h1-6H,(H,26,28). The largest absolute Gasteiger partial charge is 0.607 e. The fraction of sp³-hybridized carbons (Fsp3) is 0.188. The average Bonchev–Trinajstić information content (AvgIpc) is 2.68. The fourth-order valence-corrected chi connectivity index (χ4v) is 3.96. The van der Waals surface area contributed by atoms with E-state index in [0.29, 0.717) is 12.1 Å². The predicted molar refractivity (Wildman–Crippen MR) is 99.9 cm³/mol. The topological polar surface area (TPSA) is 95.3 Å². The summed E-state index contributed by atoms with van der Waals surface area (Å²) >= 11 is 7.24. The van der Waals surface area contributed by atoms with Crippen LogP contribution in [0.5, 0.6) is 0 Å². The van der Waals surface area contributed by atoms with Crippen LogP contribution in [0.4, 0.5) is 42.1 Å². The Kier molecular flexibility index (Phi) is 7.24. The minimum Gasteiger partial charge on any atom is -0.607 e. The Morgan fingerprint density at radius 2 is 1.53 bits per heavy atom. The van der Waals surface area contributed by atoms with E-state index in [2.05, 4.69) is 5.32 Å². The van der Waals surface area contributed by atoms with Crippen LogP contribution in [-0.2, 0) is 11.2 Å². The van der Waals surface area contributed by atoms with Crippen molar-refractivity contribution in [1.29, 1.82) is 0 Å². The molecule has 0 radical (unpaired) electrons. The van der Waals surface area contributed by atoms with Crippen molar-refractivity contribution in [3.8, 4) is 0 Å². The Labute approximate surface area is 186 Å². The van der Waals surface area contributed by atoms with Gasteiger partial charge in [0.2, 0.25) is 0 Å². The molecular formula is C16H7Cl2F7N2O4S. The molecule has 2 aromatic carbocycles. The zero-order valence-electron chi connectivity index (χ0n) is 14.9. The van der Waals surface area contributed by atoms with E-state index >= 15 is 0 Å². The van der Waals surface area contributed by atoms with E-state index in [4.69, 9.17) is 23.2 Å². The van der Waals surface area contributed by atoms with Gasteiger partial charge in [-0.2, -0.15) is 22.0 Å². The number of nitro groups is 1. The van der Waals surface area contributed by atoms with E-state index in [9.17, 15) is 50.2 Å². The SMILES string of the molecule is O=C(Nc1c(Cl)cc([S+]([O-])C(F)(F)C(F)(F)C(F)(F)F)cc1Cl)c1cccc([N+](=O)[O-])c1. The highest BCUT2D eigenvalue weighted by atomic mass is 35.5. The number of nitrogens with zero attached hydrogens (tertiary/aromatic N) is 1. The fourth-order valence-electron chi connectivity index (χ4n) is 2.15. The average molecular weight is 527 g/mol. The van der Waals surface area contributed by atoms with E-state index in [1.165, 1.54) is 6.07 Å². The lowest BCUT2D eigenvalue weighted by molar-refractivity contribution is -0.384. The Bertz CT molecular complexity index is 1050. The second-order valence-corrected chi connectivity index (χ2v) is 8.22. The van der Waals surface area contributed by atoms with Gasteiger partial charge in [-0.15, -0.1) is 8.78 Å². The van der Waals surface area contributed by atoms with Crippen LogP contribution in [0.3, 0.4) is 0 Å². The number of carbonyl (C=O) groups is 1. The first-order chi connectivity index (χ1) is 14.5. The molecule has 0 aliphatic carbocycles. The first kappa shape index (κ1) is 26.0. The zero-order chi connectivity index (χ0) is 24.6. The van der Waals surface area contributed by atoms with Crippen LogP contribution in [0, 0.1) is 10.1 Å². The molecule has 0 spiro atoms. The molecule has 16 heteroatoms. The molecule has 0 saturated heterocycles. The number of halogens is 9. The molecule has 0 aliphatic rings. The smallest absolute Gasteiger partial charge is 0.486 e. The van der Waals surface area contributed by atoms with Gasteiger partial charge in [-0.25, -0.2) is 0 Å². The lowest BCUT2D eigenvalue weighted by Gasteiger charge is -2.28. The summed E-state index contributed by atoms with van der Waals surface area (Å²) in [4.78, 5) is 21.0. The number of hydrogen-bond acceptors (Lipinski definition) is 4. The van der Waals surface area contributed by atoms with Crippen LogP contribution < -0.4 is 5.32 Å². The van der Waals surface area contributed by atoms with Crippen LogP contribution in [0.2, 0.25) is 10.0 Å². The lowest BCUT2D eigenvalue weighted by atomic mass is 10.2. The quantitative estimate of drug-likeness (QED) is 0.214. The molecule has 32 heavy (non-hydrogen) atoms. The number of rotatable bonds is 6. The Morgan fingerprint density at radius 3 is 2.00 bits per heavy atom. The summed E-state index contributed by atoms with van der Waals surface area (Å²) in [5.41, 5.74) is -1.21. The first-order valence-electron chi connectivity index (χ1n) is 7.79. The van der Waals surface area contributed by atoms with Gasteiger partial charge in [-0.1, -0.05) is 29.3 Å². The van der Waals surface area contributed by atoms with Crippen molar-refractivity contribution >= 4 is 51.7 Å². The molecule has 1 amide bonds. The van der Waals surface area contributed by atoms with Crippen molar-refractivity contribution in [2.75, 3.05) is 5.32 Å². The van der Waals surface area contributed by atoms with E-state index in [0.717, 1.165) is 18.2 Å². The van der Waals surface area contributed by atoms with Crippen LogP contribution in [-0.4, -0.2) is 32.7 Å². The normalized spacial score (nSPS) is 13.6. The second kappa shape index (κ2) is 8.92. The molecule has 1 atom stereocenters. The number of carbonyl (C=O) groups excluding carboxylic acids is 1. The van der Waals surface area contributed by atoms with Gasteiger partial charge in [0.15, 0.2) is 4.90 Å². The van der Waals surface area contributed by atoms with Gasteiger partial charge in [0.25, 0.3) is 11.6 Å². The molecular weight excluding hydrogens is 520 g/mol. The predicted octanol–water partition coefficient (Wildman–Crippen LogP) is 6.05. The molecule has 0 aliphatic heterocycles. The molecule has 174 valence electrons. The molecule has 0 bridgehead atoms. The minimum absolute atomic E-state index is 0.254. The van der Waals surface area contributed by atoms with Gasteiger partial charge in [-0.3, -0.25) is 14.9 Å². The number of benzene rings is 2. The number of hydrogen-bond donors (Lipinski definition) is 1. The number of alkyl halides is 7. The van der Waals surface area contributed by atoms with Crippen molar-refractivity contribution in [1.82, 2.24) is 0 Å². The third-order valence-electron chi connectivity index (χ3n) is 3.74. The highest BCUT2D eigenvalue weighted by Gasteiger charge is 2.80. The molecule has 0 heterocycles. The highest BCUT2D eigenvalue weighted by molar-refractivity contribution is 7.92. The van der Waals surface area contributed by atoms with Gasteiger partial charge in [0, 0.05) is 29.8 Å². The number of nitro benzene ring substituents is 1. The number of anilines is 1. The Balaban J connectivity index is 2.37. The van der Waals surface area contributed by atoms with E-state index < -0.39 is 65.7 Å². The van der Waals surface area contributed by atoms with Crippen molar-refractivity contribution in [2.24, 2.45) is 0 Å². The minimum atomic E-state index is -6.70. The molecule has 0 saturated carbocycles. The maximum absolute atomic E-state index is 13.7. The van der Waals surface area contributed by atoms with E-state index in [-0.39, 0.29) is 5.56 Å². The zero-order valence-corrected chi connectivity index (χ0v) is 17.2. The third-order valence-corrected chi connectivity index (χ3v) is 5.72. The summed E-state index contributed by atoms with van der Waals surface area (Å²) in [6.45, 7) is 0. The van der Waals surface area contributed by atoms with Crippen LogP contribution >= 0.6 is 23.2 Å². The van der Waals surface area contributed by atoms with E-state index in [1.54, 1.807) is 0 Å². The molecule has 2 aromatic rings. The summed E-state index contributed by atoms with van der Waals surface area (Å²) in [5, 5.41) is 5.32.